The van der Waals surface area contributed by atoms with Gasteiger partial charge in [-0.3, -0.25) is 10.1 Å². The van der Waals surface area contributed by atoms with E-state index in [1.54, 1.807) is 19.2 Å². The van der Waals surface area contributed by atoms with Gasteiger partial charge in [0.1, 0.15) is 0 Å². The molecular weight excluding hydrogens is 246 g/mol. The molecule has 1 N–H and O–H groups in total. The van der Waals surface area contributed by atoms with E-state index in [9.17, 15) is 15.2 Å². The summed E-state index contributed by atoms with van der Waals surface area (Å²) in [4.78, 5) is 17.0. The first-order valence-electron chi connectivity index (χ1n) is 6.63. The van der Waals surface area contributed by atoms with Crippen molar-refractivity contribution in [1.82, 2.24) is 4.98 Å². The number of aliphatic hydroxyl groups excluding tert-OH is 1. The predicted molar refractivity (Wildman–Crippen MR) is 70.1 cm³/mol. The standard InChI is InChI=1S/C13H17N3O3/c1-8-6-10(16(18)19)13(14-7-8)15-5-4-9-2-3-11(17)12(9)15/h6-7,9,11-12,17H,2-5H2,1H3/t9-,11-,12+/m0/s1. The maximum atomic E-state index is 11.2. The molecule has 1 aromatic rings. The highest BCUT2D eigenvalue weighted by Gasteiger charge is 2.45. The fraction of sp³-hybridized carbons (Fsp3) is 0.615. The van der Waals surface area contributed by atoms with E-state index < -0.39 is 6.10 Å². The topological polar surface area (TPSA) is 79.5 Å². The average molecular weight is 263 g/mol. The van der Waals surface area contributed by atoms with Crippen LogP contribution >= 0.6 is 0 Å². The Bertz CT molecular complexity index is 520. The predicted octanol–water partition coefficient (Wildman–Crippen LogP) is 1.65. The molecule has 3 rings (SSSR count). The van der Waals surface area contributed by atoms with E-state index in [2.05, 4.69) is 4.98 Å². The lowest BCUT2D eigenvalue weighted by Crippen LogP contribution is -2.39. The Morgan fingerprint density at radius 3 is 3.00 bits per heavy atom. The van der Waals surface area contributed by atoms with Crippen molar-refractivity contribution < 1.29 is 10.0 Å². The summed E-state index contributed by atoms with van der Waals surface area (Å²) in [6.45, 7) is 2.53. The minimum absolute atomic E-state index is 0.00564. The number of nitrogens with zero attached hydrogens (tertiary/aromatic N) is 3. The van der Waals surface area contributed by atoms with Crippen LogP contribution in [0.5, 0.6) is 0 Å². The number of hydrogen-bond donors (Lipinski definition) is 1. The van der Waals surface area contributed by atoms with Gasteiger partial charge in [-0.05, 0) is 37.7 Å². The second kappa shape index (κ2) is 4.45. The van der Waals surface area contributed by atoms with Crippen molar-refractivity contribution in [3.05, 3.63) is 27.9 Å². The maximum Gasteiger partial charge on any atom is 0.311 e. The molecule has 102 valence electrons. The first-order chi connectivity index (χ1) is 9.08. The fourth-order valence-corrected chi connectivity index (χ4v) is 3.42. The molecule has 19 heavy (non-hydrogen) atoms. The Morgan fingerprint density at radius 2 is 2.26 bits per heavy atom. The number of hydrogen-bond acceptors (Lipinski definition) is 5. The zero-order valence-electron chi connectivity index (χ0n) is 10.8. The Kier molecular flexibility index (Phi) is 2.89. The van der Waals surface area contributed by atoms with E-state index in [4.69, 9.17) is 0 Å². The van der Waals surface area contributed by atoms with Crippen molar-refractivity contribution in [3.63, 3.8) is 0 Å². The van der Waals surface area contributed by atoms with E-state index in [-0.39, 0.29) is 16.7 Å². The SMILES string of the molecule is Cc1cnc(N2CC[C@@H]3CC[C@H](O)[C@@H]32)c([N+](=O)[O-])c1. The highest BCUT2D eigenvalue weighted by molar-refractivity contribution is 5.60. The van der Waals surface area contributed by atoms with Crippen molar-refractivity contribution in [3.8, 4) is 0 Å². The van der Waals surface area contributed by atoms with Gasteiger partial charge >= 0.3 is 5.69 Å². The molecule has 0 radical (unpaired) electrons. The van der Waals surface area contributed by atoms with Gasteiger partial charge < -0.3 is 10.0 Å². The van der Waals surface area contributed by atoms with Crippen LogP contribution in [-0.2, 0) is 0 Å². The minimum Gasteiger partial charge on any atom is -0.391 e. The number of aromatic nitrogens is 1. The highest BCUT2D eigenvalue weighted by atomic mass is 16.6. The van der Waals surface area contributed by atoms with E-state index in [1.165, 1.54) is 0 Å². The van der Waals surface area contributed by atoms with Crippen molar-refractivity contribution in [2.24, 2.45) is 5.92 Å². The van der Waals surface area contributed by atoms with Gasteiger partial charge in [-0.2, -0.15) is 0 Å². The number of rotatable bonds is 2. The van der Waals surface area contributed by atoms with Gasteiger partial charge in [0.25, 0.3) is 0 Å². The molecule has 2 heterocycles. The summed E-state index contributed by atoms with van der Waals surface area (Å²) in [7, 11) is 0. The zero-order chi connectivity index (χ0) is 13.6. The normalized spacial score (nSPS) is 29.6. The van der Waals surface area contributed by atoms with Gasteiger partial charge in [-0.25, -0.2) is 4.98 Å². The lowest BCUT2D eigenvalue weighted by molar-refractivity contribution is -0.384. The Balaban J connectivity index is 2.00. The highest BCUT2D eigenvalue weighted by Crippen LogP contribution is 2.42. The fourth-order valence-electron chi connectivity index (χ4n) is 3.42. The third kappa shape index (κ3) is 1.96. The number of anilines is 1. The molecule has 1 aromatic heterocycles. The van der Waals surface area contributed by atoms with Gasteiger partial charge in [0, 0.05) is 18.8 Å². The summed E-state index contributed by atoms with van der Waals surface area (Å²) >= 11 is 0. The first kappa shape index (κ1) is 12.3. The lowest BCUT2D eigenvalue weighted by Gasteiger charge is -2.27. The number of aryl methyl sites for hydroxylation is 1. The number of aliphatic hydroxyl groups is 1. The van der Waals surface area contributed by atoms with Crippen molar-refractivity contribution >= 4 is 11.5 Å². The minimum atomic E-state index is -0.393. The molecule has 3 atom stereocenters. The van der Waals surface area contributed by atoms with Gasteiger partial charge in [0.05, 0.1) is 17.1 Å². The molecule has 1 aliphatic carbocycles. The van der Waals surface area contributed by atoms with Crippen LogP contribution in [0, 0.1) is 23.0 Å². The van der Waals surface area contributed by atoms with E-state index in [0.717, 1.165) is 31.4 Å². The summed E-state index contributed by atoms with van der Waals surface area (Å²) in [5.41, 5.74) is 0.818. The third-order valence-electron chi connectivity index (χ3n) is 4.26. The van der Waals surface area contributed by atoms with E-state index in [0.29, 0.717) is 11.7 Å². The van der Waals surface area contributed by atoms with Crippen LogP contribution in [0.1, 0.15) is 24.8 Å². The molecule has 2 aliphatic rings. The average Bonchev–Trinajstić information content (AvgIpc) is 2.93. The molecule has 0 unspecified atom stereocenters. The molecule has 6 heteroatoms. The van der Waals surface area contributed by atoms with Crippen LogP contribution in [-0.4, -0.2) is 33.7 Å². The summed E-state index contributed by atoms with van der Waals surface area (Å²) in [6, 6.07) is 1.55. The van der Waals surface area contributed by atoms with Crippen molar-refractivity contribution in [2.45, 2.75) is 38.3 Å². The molecule has 6 nitrogen and oxygen atoms in total. The Hall–Kier alpha value is -1.69. The Morgan fingerprint density at radius 1 is 1.47 bits per heavy atom. The number of fused-ring (bicyclic) bond motifs is 1. The van der Waals surface area contributed by atoms with Gasteiger partial charge in [-0.15, -0.1) is 0 Å². The first-order valence-corrected chi connectivity index (χ1v) is 6.63. The maximum absolute atomic E-state index is 11.2. The molecule has 0 aromatic carbocycles. The number of nitro groups is 1. The van der Waals surface area contributed by atoms with E-state index in [1.807, 2.05) is 4.90 Å². The summed E-state index contributed by atoms with van der Waals surface area (Å²) < 4.78 is 0. The van der Waals surface area contributed by atoms with Crippen molar-refractivity contribution in [1.29, 1.82) is 0 Å². The smallest absolute Gasteiger partial charge is 0.311 e. The molecule has 1 saturated heterocycles. The quantitative estimate of drug-likeness (QED) is 0.648. The second-order valence-electron chi connectivity index (χ2n) is 5.49. The molecule has 0 bridgehead atoms. The lowest BCUT2D eigenvalue weighted by atomic mass is 10.0. The van der Waals surface area contributed by atoms with Gasteiger partial charge in [0.2, 0.25) is 5.82 Å². The summed E-state index contributed by atoms with van der Waals surface area (Å²) in [5, 5.41) is 21.3. The van der Waals surface area contributed by atoms with Gasteiger partial charge in [-0.1, -0.05) is 0 Å². The van der Waals surface area contributed by atoms with Gasteiger partial charge in [0.15, 0.2) is 0 Å². The Labute approximate surface area is 111 Å². The van der Waals surface area contributed by atoms with Crippen LogP contribution in [0.15, 0.2) is 12.3 Å². The van der Waals surface area contributed by atoms with Crippen LogP contribution in [0.25, 0.3) is 0 Å². The third-order valence-corrected chi connectivity index (χ3v) is 4.26. The van der Waals surface area contributed by atoms with Crippen molar-refractivity contribution in [2.75, 3.05) is 11.4 Å². The molecule has 0 amide bonds. The monoisotopic (exact) mass is 263 g/mol. The largest absolute Gasteiger partial charge is 0.391 e. The van der Waals surface area contributed by atoms with E-state index >= 15 is 0 Å². The molecular formula is C13H17N3O3. The van der Waals surface area contributed by atoms with Crippen LogP contribution in [0.2, 0.25) is 0 Å². The number of pyridine rings is 1. The summed E-state index contributed by atoms with van der Waals surface area (Å²) in [5.74, 6) is 0.849. The molecule has 1 aliphatic heterocycles. The summed E-state index contributed by atoms with van der Waals surface area (Å²) in [6.07, 6.45) is 4.02. The molecule has 0 spiro atoms. The second-order valence-corrected chi connectivity index (χ2v) is 5.49. The van der Waals surface area contributed by atoms with Crippen LogP contribution in [0.4, 0.5) is 11.5 Å². The zero-order valence-corrected chi connectivity index (χ0v) is 10.8. The molecule has 1 saturated carbocycles. The van der Waals surface area contributed by atoms with Crippen LogP contribution in [0.3, 0.4) is 0 Å². The van der Waals surface area contributed by atoms with Crippen LogP contribution < -0.4 is 4.90 Å². The molecule has 2 fully saturated rings.